The molecule has 3 heterocycles. The van der Waals surface area contributed by atoms with Crippen LogP contribution in [0.5, 0.6) is 0 Å². The van der Waals surface area contributed by atoms with Crippen molar-refractivity contribution in [2.75, 3.05) is 11.9 Å². The molecule has 0 bridgehead atoms. The molecule has 27 heavy (non-hydrogen) atoms. The van der Waals surface area contributed by atoms with Crippen molar-refractivity contribution in [3.8, 4) is 11.4 Å². The second-order valence-corrected chi connectivity index (χ2v) is 7.54. The maximum Gasteiger partial charge on any atom is 0.240 e. The molecule has 0 saturated heterocycles. The lowest BCUT2D eigenvalue weighted by molar-refractivity contribution is -0.117. The summed E-state index contributed by atoms with van der Waals surface area (Å²) in [6, 6.07) is 9.91. The predicted molar refractivity (Wildman–Crippen MR) is 104 cm³/mol. The zero-order valence-electron chi connectivity index (χ0n) is 15.1. The molecule has 1 aliphatic rings. The molecule has 1 aliphatic heterocycles. The fourth-order valence-electron chi connectivity index (χ4n) is 3.04. The van der Waals surface area contributed by atoms with Crippen LogP contribution < -0.4 is 5.32 Å². The molecule has 3 aromatic rings. The van der Waals surface area contributed by atoms with Crippen LogP contribution >= 0.6 is 11.3 Å². The molecule has 0 atom stereocenters. The van der Waals surface area contributed by atoms with Crippen molar-refractivity contribution in [2.45, 2.75) is 32.9 Å². The summed E-state index contributed by atoms with van der Waals surface area (Å²) in [5.74, 6) is 0.635. The molecule has 0 spiro atoms. The number of carbonyl (C=O) groups is 1. The number of nitrogens with zero attached hydrogens (tertiary/aromatic N) is 5. The van der Waals surface area contributed by atoms with Gasteiger partial charge in [-0.15, -0.1) is 10.2 Å². The molecule has 8 heteroatoms. The number of hydrogen-bond acceptors (Lipinski definition) is 7. The van der Waals surface area contributed by atoms with Crippen LogP contribution in [0.25, 0.3) is 11.4 Å². The van der Waals surface area contributed by atoms with Gasteiger partial charge in [-0.2, -0.15) is 0 Å². The lowest BCUT2D eigenvalue weighted by Crippen LogP contribution is -2.29. The van der Waals surface area contributed by atoms with E-state index in [4.69, 9.17) is 0 Å². The summed E-state index contributed by atoms with van der Waals surface area (Å²) >= 11 is 1.44. The number of rotatable bonds is 6. The van der Waals surface area contributed by atoms with E-state index in [2.05, 4.69) is 37.3 Å². The second kappa shape index (κ2) is 7.89. The van der Waals surface area contributed by atoms with Gasteiger partial charge in [0.05, 0.1) is 12.2 Å². The smallest absolute Gasteiger partial charge is 0.240 e. The maximum absolute atomic E-state index is 12.3. The minimum atomic E-state index is -0.0850. The average molecular weight is 380 g/mol. The highest BCUT2D eigenvalue weighted by atomic mass is 32.1. The highest BCUT2D eigenvalue weighted by Gasteiger charge is 2.23. The second-order valence-electron chi connectivity index (χ2n) is 6.48. The van der Waals surface area contributed by atoms with Gasteiger partial charge >= 0.3 is 0 Å². The molecule has 1 aromatic carbocycles. The van der Waals surface area contributed by atoms with Crippen LogP contribution in [0.15, 0.2) is 36.5 Å². The standard InChI is InChI=1S/C19H20N6OS/c1-2-6-17-23-24-19(27-17)22-16(26)12-25-10-14-9-20-18(21-15(14)11-25)13-7-4-3-5-8-13/h3-5,7-9H,2,6,10-12H2,1H3,(H,22,24,26). The van der Waals surface area contributed by atoms with Gasteiger partial charge in [0.2, 0.25) is 11.0 Å². The van der Waals surface area contributed by atoms with Crippen molar-refractivity contribution in [1.29, 1.82) is 0 Å². The predicted octanol–water partition coefficient (Wildman–Crippen LogP) is 2.90. The summed E-state index contributed by atoms with van der Waals surface area (Å²) < 4.78 is 0. The zero-order chi connectivity index (χ0) is 18.6. The third-order valence-electron chi connectivity index (χ3n) is 4.30. The summed E-state index contributed by atoms with van der Waals surface area (Å²) in [6.07, 6.45) is 3.77. The number of benzene rings is 1. The molecule has 0 unspecified atom stereocenters. The van der Waals surface area contributed by atoms with Crippen molar-refractivity contribution >= 4 is 22.4 Å². The van der Waals surface area contributed by atoms with Crippen molar-refractivity contribution in [3.05, 3.63) is 52.8 Å². The Morgan fingerprint density at radius 2 is 2.07 bits per heavy atom. The molecule has 0 saturated carbocycles. The van der Waals surface area contributed by atoms with Crippen LogP contribution in [0, 0.1) is 0 Å². The summed E-state index contributed by atoms with van der Waals surface area (Å²) in [5.41, 5.74) is 3.05. The Bertz CT molecular complexity index is 942. The number of nitrogens with one attached hydrogen (secondary N) is 1. The summed E-state index contributed by atoms with van der Waals surface area (Å²) in [4.78, 5) is 23.5. The van der Waals surface area contributed by atoms with E-state index in [-0.39, 0.29) is 5.91 Å². The minimum absolute atomic E-state index is 0.0850. The third-order valence-corrected chi connectivity index (χ3v) is 5.20. The zero-order valence-corrected chi connectivity index (χ0v) is 15.9. The molecular weight excluding hydrogens is 360 g/mol. The quantitative estimate of drug-likeness (QED) is 0.708. The molecule has 1 amide bonds. The fraction of sp³-hybridized carbons (Fsp3) is 0.316. The Morgan fingerprint density at radius 1 is 1.22 bits per heavy atom. The van der Waals surface area contributed by atoms with E-state index in [9.17, 15) is 4.79 Å². The van der Waals surface area contributed by atoms with E-state index in [0.29, 0.717) is 24.8 Å². The fourth-order valence-corrected chi connectivity index (χ4v) is 3.90. The molecule has 4 rings (SSSR count). The van der Waals surface area contributed by atoms with E-state index >= 15 is 0 Å². The van der Waals surface area contributed by atoms with Crippen molar-refractivity contribution < 1.29 is 4.79 Å². The summed E-state index contributed by atoms with van der Waals surface area (Å²) in [6.45, 7) is 3.70. The first-order valence-electron chi connectivity index (χ1n) is 8.96. The van der Waals surface area contributed by atoms with Gasteiger partial charge in [-0.05, 0) is 6.42 Å². The SMILES string of the molecule is CCCc1nnc(NC(=O)CN2Cc3cnc(-c4ccccc4)nc3C2)s1. The van der Waals surface area contributed by atoms with Crippen LogP contribution in [0.4, 0.5) is 5.13 Å². The topological polar surface area (TPSA) is 83.9 Å². The van der Waals surface area contributed by atoms with E-state index in [0.717, 1.165) is 40.5 Å². The van der Waals surface area contributed by atoms with Gasteiger partial charge in [0.25, 0.3) is 0 Å². The molecule has 7 nitrogen and oxygen atoms in total. The summed E-state index contributed by atoms with van der Waals surface area (Å²) in [5, 5.41) is 12.5. The highest BCUT2D eigenvalue weighted by Crippen LogP contribution is 2.23. The molecule has 1 N–H and O–H groups in total. The van der Waals surface area contributed by atoms with Gasteiger partial charge in [0.15, 0.2) is 5.82 Å². The van der Waals surface area contributed by atoms with Gasteiger partial charge in [0, 0.05) is 36.8 Å². The monoisotopic (exact) mass is 380 g/mol. The van der Waals surface area contributed by atoms with Gasteiger partial charge in [0.1, 0.15) is 5.01 Å². The third kappa shape index (κ3) is 4.17. The Labute approximate surface area is 161 Å². The number of aromatic nitrogens is 4. The Hall–Kier alpha value is -2.71. The van der Waals surface area contributed by atoms with Gasteiger partial charge < -0.3 is 0 Å². The number of hydrogen-bond donors (Lipinski definition) is 1. The van der Waals surface area contributed by atoms with Gasteiger partial charge in [-0.1, -0.05) is 48.6 Å². The molecule has 0 aliphatic carbocycles. The van der Waals surface area contributed by atoms with Crippen molar-refractivity contribution in [3.63, 3.8) is 0 Å². The van der Waals surface area contributed by atoms with Gasteiger partial charge in [-0.25, -0.2) is 9.97 Å². The first kappa shape index (κ1) is 17.7. The number of fused-ring (bicyclic) bond motifs is 1. The van der Waals surface area contributed by atoms with Gasteiger partial charge in [-0.3, -0.25) is 15.0 Å². The van der Waals surface area contributed by atoms with Crippen LogP contribution in [0.3, 0.4) is 0 Å². The molecule has 138 valence electrons. The number of aryl methyl sites for hydroxylation is 1. The van der Waals surface area contributed by atoms with E-state index < -0.39 is 0 Å². The molecule has 0 fully saturated rings. The Kier molecular flexibility index (Phi) is 5.17. The minimum Gasteiger partial charge on any atom is -0.299 e. The molecular formula is C19H20N6OS. The van der Waals surface area contributed by atoms with E-state index in [1.54, 1.807) is 0 Å². The lowest BCUT2D eigenvalue weighted by atomic mass is 10.2. The van der Waals surface area contributed by atoms with Crippen LogP contribution in [0.2, 0.25) is 0 Å². The van der Waals surface area contributed by atoms with Crippen LogP contribution in [-0.2, 0) is 24.3 Å². The first-order valence-corrected chi connectivity index (χ1v) is 9.77. The van der Waals surface area contributed by atoms with Crippen molar-refractivity contribution in [1.82, 2.24) is 25.1 Å². The van der Waals surface area contributed by atoms with Crippen molar-refractivity contribution in [2.24, 2.45) is 0 Å². The van der Waals surface area contributed by atoms with E-state index in [1.165, 1.54) is 11.3 Å². The summed E-state index contributed by atoms with van der Waals surface area (Å²) in [7, 11) is 0. The lowest BCUT2D eigenvalue weighted by Gasteiger charge is -2.12. The highest BCUT2D eigenvalue weighted by molar-refractivity contribution is 7.15. The van der Waals surface area contributed by atoms with Crippen LogP contribution in [-0.4, -0.2) is 37.5 Å². The normalized spacial score (nSPS) is 13.5. The maximum atomic E-state index is 12.3. The average Bonchev–Trinajstić information content (AvgIpc) is 3.28. The van der Waals surface area contributed by atoms with Crippen LogP contribution in [0.1, 0.15) is 29.6 Å². The first-order chi connectivity index (χ1) is 13.2. The Morgan fingerprint density at radius 3 is 2.89 bits per heavy atom. The number of carbonyl (C=O) groups excluding carboxylic acids is 1. The largest absolute Gasteiger partial charge is 0.299 e. The molecule has 2 aromatic heterocycles. The number of amides is 1. The molecule has 0 radical (unpaired) electrons. The Balaban J connectivity index is 1.37. The number of anilines is 1. The van der Waals surface area contributed by atoms with E-state index in [1.807, 2.05) is 36.5 Å².